The van der Waals surface area contributed by atoms with Crippen LogP contribution in [0.25, 0.3) is 0 Å². The van der Waals surface area contributed by atoms with Gasteiger partial charge >= 0.3 is 0 Å². The van der Waals surface area contributed by atoms with Gasteiger partial charge in [-0.25, -0.2) is 0 Å². The molecular weight excluding hydrogens is 507 g/mol. The van der Waals surface area contributed by atoms with Crippen molar-refractivity contribution in [3.8, 4) is 17.2 Å². The van der Waals surface area contributed by atoms with Crippen LogP contribution in [0.5, 0.6) is 17.2 Å². The maximum Gasteiger partial charge on any atom is 0.262 e. The monoisotopic (exact) mass is 530 g/mol. The molecule has 3 aromatic carbocycles. The Labute approximate surface area is 195 Å². The van der Waals surface area contributed by atoms with Gasteiger partial charge in [0, 0.05) is 11.9 Å². The SMILES string of the molecule is CCOc1cc(C=Nc2ccc(OC)cc2)cc(I)c1OCC(=O)Nc1ccccc1. The van der Waals surface area contributed by atoms with Crippen molar-refractivity contribution in [3.05, 3.63) is 75.9 Å². The minimum atomic E-state index is -0.241. The third-order valence-corrected chi connectivity index (χ3v) is 4.97. The van der Waals surface area contributed by atoms with Gasteiger partial charge in [0.2, 0.25) is 0 Å². The maximum absolute atomic E-state index is 12.2. The van der Waals surface area contributed by atoms with E-state index in [1.54, 1.807) is 13.3 Å². The number of nitrogens with zero attached hydrogens (tertiary/aromatic N) is 1. The molecule has 0 spiro atoms. The van der Waals surface area contributed by atoms with Crippen LogP contribution in [0.1, 0.15) is 12.5 Å². The van der Waals surface area contributed by atoms with Crippen molar-refractivity contribution in [1.29, 1.82) is 0 Å². The molecule has 0 aliphatic heterocycles. The van der Waals surface area contributed by atoms with E-state index in [2.05, 4.69) is 32.9 Å². The van der Waals surface area contributed by atoms with Gasteiger partial charge in [0.05, 0.1) is 23.0 Å². The summed E-state index contributed by atoms with van der Waals surface area (Å²) in [6.07, 6.45) is 1.76. The van der Waals surface area contributed by atoms with E-state index >= 15 is 0 Å². The van der Waals surface area contributed by atoms with E-state index < -0.39 is 0 Å². The zero-order chi connectivity index (χ0) is 22.1. The van der Waals surface area contributed by atoms with Crippen molar-refractivity contribution in [1.82, 2.24) is 0 Å². The minimum absolute atomic E-state index is 0.121. The van der Waals surface area contributed by atoms with Gasteiger partial charge in [-0.3, -0.25) is 9.79 Å². The van der Waals surface area contributed by atoms with Crippen LogP contribution in [0, 0.1) is 3.57 Å². The molecule has 1 amide bonds. The topological polar surface area (TPSA) is 69.1 Å². The van der Waals surface area contributed by atoms with Gasteiger partial charge in [-0.15, -0.1) is 0 Å². The fourth-order valence-electron chi connectivity index (χ4n) is 2.74. The Kier molecular flexibility index (Phi) is 8.28. The first-order valence-corrected chi connectivity index (χ1v) is 10.8. The summed E-state index contributed by atoms with van der Waals surface area (Å²) in [5, 5.41) is 2.80. The molecule has 0 heterocycles. The van der Waals surface area contributed by atoms with Crippen molar-refractivity contribution in [3.63, 3.8) is 0 Å². The molecule has 0 bridgehead atoms. The highest BCUT2D eigenvalue weighted by Crippen LogP contribution is 2.34. The molecule has 0 aromatic heterocycles. The molecule has 0 saturated carbocycles. The van der Waals surface area contributed by atoms with E-state index in [-0.39, 0.29) is 12.5 Å². The van der Waals surface area contributed by atoms with Gasteiger partial charge in [-0.1, -0.05) is 18.2 Å². The Morgan fingerprint density at radius 3 is 2.48 bits per heavy atom. The quantitative estimate of drug-likeness (QED) is 0.295. The van der Waals surface area contributed by atoms with Crippen LogP contribution in [0.3, 0.4) is 0 Å². The average molecular weight is 530 g/mol. The molecule has 0 atom stereocenters. The van der Waals surface area contributed by atoms with Crippen LogP contribution >= 0.6 is 22.6 Å². The number of nitrogens with one attached hydrogen (secondary N) is 1. The number of amides is 1. The number of hydrogen-bond donors (Lipinski definition) is 1. The summed E-state index contributed by atoms with van der Waals surface area (Å²) in [4.78, 5) is 16.7. The van der Waals surface area contributed by atoms with Crippen molar-refractivity contribution >= 4 is 46.1 Å². The Balaban J connectivity index is 1.71. The van der Waals surface area contributed by atoms with E-state index in [4.69, 9.17) is 14.2 Å². The molecule has 0 saturated heterocycles. The summed E-state index contributed by atoms with van der Waals surface area (Å²) in [7, 11) is 1.63. The number of hydrogen-bond acceptors (Lipinski definition) is 5. The summed E-state index contributed by atoms with van der Waals surface area (Å²) < 4.78 is 17.5. The summed E-state index contributed by atoms with van der Waals surface area (Å²) in [5.41, 5.74) is 2.40. The molecule has 0 radical (unpaired) electrons. The molecule has 3 rings (SSSR count). The molecule has 6 nitrogen and oxygen atoms in total. The smallest absolute Gasteiger partial charge is 0.262 e. The molecule has 0 fully saturated rings. The number of halogens is 1. The molecular formula is C24H23IN2O4. The third-order valence-electron chi connectivity index (χ3n) is 4.17. The molecule has 0 unspecified atom stereocenters. The number of rotatable bonds is 9. The average Bonchev–Trinajstić information content (AvgIpc) is 2.78. The number of carbonyl (C=O) groups is 1. The largest absolute Gasteiger partial charge is 0.497 e. The molecule has 3 aromatic rings. The van der Waals surface area contributed by atoms with Crippen molar-refractivity contribution in [2.75, 3.05) is 25.6 Å². The molecule has 160 valence electrons. The van der Waals surface area contributed by atoms with E-state index in [0.717, 1.165) is 26.3 Å². The highest BCUT2D eigenvalue weighted by atomic mass is 127. The molecule has 0 aliphatic rings. The number of ether oxygens (including phenoxy) is 3. The normalized spacial score (nSPS) is 10.7. The fraction of sp³-hybridized carbons (Fsp3) is 0.167. The summed E-state index contributed by atoms with van der Waals surface area (Å²) in [5.74, 6) is 1.64. The van der Waals surface area contributed by atoms with Crippen molar-refractivity contribution < 1.29 is 19.0 Å². The van der Waals surface area contributed by atoms with E-state index in [1.807, 2.05) is 73.7 Å². The minimum Gasteiger partial charge on any atom is -0.497 e. The second-order valence-corrected chi connectivity index (χ2v) is 7.58. The Hall–Kier alpha value is -3.07. The van der Waals surface area contributed by atoms with Crippen LogP contribution in [0.2, 0.25) is 0 Å². The highest BCUT2D eigenvalue weighted by molar-refractivity contribution is 14.1. The van der Waals surface area contributed by atoms with Crippen LogP contribution in [0.4, 0.5) is 11.4 Å². The molecule has 31 heavy (non-hydrogen) atoms. The first-order valence-electron chi connectivity index (χ1n) is 9.71. The second-order valence-electron chi connectivity index (χ2n) is 6.42. The fourth-order valence-corrected chi connectivity index (χ4v) is 3.52. The number of anilines is 1. The van der Waals surface area contributed by atoms with Gasteiger partial charge in [0.25, 0.3) is 5.91 Å². The number of aliphatic imine (C=N–C) groups is 1. The summed E-state index contributed by atoms with van der Waals surface area (Å²) >= 11 is 2.17. The van der Waals surface area contributed by atoms with Crippen LogP contribution < -0.4 is 19.5 Å². The van der Waals surface area contributed by atoms with E-state index in [1.165, 1.54) is 0 Å². The van der Waals surface area contributed by atoms with Gasteiger partial charge in [0.1, 0.15) is 5.75 Å². The lowest BCUT2D eigenvalue weighted by Crippen LogP contribution is -2.20. The Morgan fingerprint density at radius 1 is 1.06 bits per heavy atom. The second kappa shape index (κ2) is 11.4. The first-order chi connectivity index (χ1) is 15.1. The standard InChI is InChI=1S/C24H23IN2O4/c1-3-30-22-14-17(15-26-18-9-11-20(29-2)12-10-18)13-21(25)24(22)31-16-23(28)27-19-7-5-4-6-8-19/h4-15H,3,16H2,1-2H3,(H,27,28). The van der Waals surface area contributed by atoms with Gasteiger partial charge in [-0.05, 0) is 83.6 Å². The third kappa shape index (κ3) is 6.71. The maximum atomic E-state index is 12.2. The molecule has 7 heteroatoms. The Bertz CT molecular complexity index is 1040. The lowest BCUT2D eigenvalue weighted by atomic mass is 10.2. The van der Waals surface area contributed by atoms with E-state index in [9.17, 15) is 4.79 Å². The van der Waals surface area contributed by atoms with Gasteiger partial charge < -0.3 is 19.5 Å². The summed E-state index contributed by atoms with van der Waals surface area (Å²) in [6.45, 7) is 2.25. The van der Waals surface area contributed by atoms with Crippen LogP contribution in [-0.4, -0.2) is 32.4 Å². The zero-order valence-electron chi connectivity index (χ0n) is 17.3. The number of para-hydroxylation sites is 1. The Morgan fingerprint density at radius 2 is 1.81 bits per heavy atom. The molecule has 0 aliphatic carbocycles. The van der Waals surface area contributed by atoms with Gasteiger partial charge in [-0.2, -0.15) is 0 Å². The summed E-state index contributed by atoms with van der Waals surface area (Å²) in [6, 6.07) is 20.5. The van der Waals surface area contributed by atoms with Crippen LogP contribution in [-0.2, 0) is 4.79 Å². The molecule has 1 N–H and O–H groups in total. The predicted molar refractivity (Wildman–Crippen MR) is 131 cm³/mol. The lowest BCUT2D eigenvalue weighted by Gasteiger charge is -2.14. The number of methoxy groups -OCH3 is 1. The predicted octanol–water partition coefficient (Wildman–Crippen LogP) is 5.47. The number of carbonyl (C=O) groups excluding carboxylic acids is 1. The zero-order valence-corrected chi connectivity index (χ0v) is 19.5. The first kappa shape index (κ1) is 22.6. The van der Waals surface area contributed by atoms with E-state index in [0.29, 0.717) is 18.1 Å². The lowest BCUT2D eigenvalue weighted by molar-refractivity contribution is -0.118. The van der Waals surface area contributed by atoms with Crippen molar-refractivity contribution in [2.45, 2.75) is 6.92 Å². The van der Waals surface area contributed by atoms with Gasteiger partial charge in [0.15, 0.2) is 18.1 Å². The highest BCUT2D eigenvalue weighted by Gasteiger charge is 2.14. The van der Waals surface area contributed by atoms with Crippen molar-refractivity contribution in [2.24, 2.45) is 4.99 Å². The number of benzene rings is 3. The van der Waals surface area contributed by atoms with Crippen LogP contribution in [0.15, 0.2) is 71.7 Å².